The minimum atomic E-state index is -0.0598. The highest BCUT2D eigenvalue weighted by Crippen LogP contribution is 2.28. The second-order valence-electron chi connectivity index (χ2n) is 3.90. The number of nitriles is 1. The minimum Gasteiger partial charge on any atom is -0.373 e. The van der Waals surface area contributed by atoms with Gasteiger partial charge in [-0.25, -0.2) is 0 Å². The molecular weight excluding hydrogens is 182 g/mol. The summed E-state index contributed by atoms with van der Waals surface area (Å²) in [5, 5.41) is 8.60. The maximum atomic E-state index is 8.60. The Morgan fingerprint density at radius 2 is 2.43 bits per heavy atom. The van der Waals surface area contributed by atoms with Gasteiger partial charge in [0.05, 0.1) is 31.3 Å². The van der Waals surface area contributed by atoms with Gasteiger partial charge in [-0.05, 0) is 13.3 Å². The number of ether oxygens (including phenoxy) is 3. The van der Waals surface area contributed by atoms with Crippen LogP contribution in [0.15, 0.2) is 0 Å². The first-order chi connectivity index (χ1) is 6.81. The molecule has 4 nitrogen and oxygen atoms in total. The molecule has 0 amide bonds. The zero-order valence-corrected chi connectivity index (χ0v) is 8.31. The lowest BCUT2D eigenvalue weighted by atomic mass is 10.1. The Kier molecular flexibility index (Phi) is 3.02. The van der Waals surface area contributed by atoms with Gasteiger partial charge in [0.25, 0.3) is 0 Å². The van der Waals surface area contributed by atoms with Gasteiger partial charge in [0.1, 0.15) is 12.2 Å². The SMILES string of the molecule is CC(C#N)COC1COC2CCOC21. The van der Waals surface area contributed by atoms with E-state index >= 15 is 0 Å². The molecule has 4 heteroatoms. The van der Waals surface area contributed by atoms with E-state index in [4.69, 9.17) is 19.5 Å². The molecule has 0 aromatic carbocycles. The van der Waals surface area contributed by atoms with Crippen LogP contribution in [0.2, 0.25) is 0 Å². The van der Waals surface area contributed by atoms with Gasteiger partial charge in [0, 0.05) is 6.61 Å². The van der Waals surface area contributed by atoms with Gasteiger partial charge in [-0.3, -0.25) is 0 Å². The van der Waals surface area contributed by atoms with E-state index in [1.165, 1.54) is 0 Å². The Morgan fingerprint density at radius 3 is 3.21 bits per heavy atom. The molecule has 0 N–H and O–H groups in total. The summed E-state index contributed by atoms with van der Waals surface area (Å²) >= 11 is 0. The van der Waals surface area contributed by atoms with Crippen LogP contribution < -0.4 is 0 Å². The van der Waals surface area contributed by atoms with Crippen LogP contribution in [0.1, 0.15) is 13.3 Å². The van der Waals surface area contributed by atoms with Gasteiger partial charge in [-0.1, -0.05) is 0 Å². The van der Waals surface area contributed by atoms with Gasteiger partial charge in [-0.2, -0.15) is 5.26 Å². The molecule has 2 aliphatic rings. The maximum absolute atomic E-state index is 8.60. The number of hydrogen-bond acceptors (Lipinski definition) is 4. The van der Waals surface area contributed by atoms with Crippen molar-refractivity contribution in [2.24, 2.45) is 5.92 Å². The van der Waals surface area contributed by atoms with Crippen molar-refractivity contribution in [2.75, 3.05) is 19.8 Å². The van der Waals surface area contributed by atoms with Gasteiger partial charge in [0.2, 0.25) is 0 Å². The molecule has 2 heterocycles. The molecule has 0 spiro atoms. The molecule has 0 radical (unpaired) electrons. The number of fused-ring (bicyclic) bond motifs is 1. The summed E-state index contributed by atoms with van der Waals surface area (Å²) in [7, 11) is 0. The van der Waals surface area contributed by atoms with Crippen LogP contribution >= 0.6 is 0 Å². The van der Waals surface area contributed by atoms with Crippen LogP contribution in [-0.4, -0.2) is 38.1 Å². The lowest BCUT2D eigenvalue weighted by Gasteiger charge is -2.17. The first kappa shape index (κ1) is 9.91. The quantitative estimate of drug-likeness (QED) is 0.669. The fourth-order valence-corrected chi connectivity index (χ4v) is 1.88. The predicted octanol–water partition coefficient (Wildman–Crippen LogP) is 0.719. The Hall–Kier alpha value is -0.630. The lowest BCUT2D eigenvalue weighted by Crippen LogP contribution is -2.31. The summed E-state index contributed by atoms with van der Waals surface area (Å²) in [4.78, 5) is 0. The Morgan fingerprint density at radius 1 is 1.57 bits per heavy atom. The third kappa shape index (κ3) is 1.90. The monoisotopic (exact) mass is 197 g/mol. The molecule has 0 aliphatic carbocycles. The molecule has 0 bridgehead atoms. The molecule has 2 aliphatic heterocycles. The predicted molar refractivity (Wildman–Crippen MR) is 48.6 cm³/mol. The summed E-state index contributed by atoms with van der Waals surface area (Å²) in [6, 6.07) is 2.14. The summed E-state index contributed by atoms with van der Waals surface area (Å²) in [5.74, 6) is -0.0598. The fraction of sp³-hybridized carbons (Fsp3) is 0.900. The molecule has 4 atom stereocenters. The normalized spacial score (nSPS) is 37.9. The highest BCUT2D eigenvalue weighted by Gasteiger charge is 2.42. The summed E-state index contributed by atoms with van der Waals surface area (Å²) in [6.45, 7) is 3.69. The van der Waals surface area contributed by atoms with E-state index in [1.54, 1.807) is 0 Å². The fourth-order valence-electron chi connectivity index (χ4n) is 1.88. The van der Waals surface area contributed by atoms with Crippen molar-refractivity contribution in [1.82, 2.24) is 0 Å². The third-order valence-electron chi connectivity index (χ3n) is 2.70. The summed E-state index contributed by atoms with van der Waals surface area (Å²) < 4.78 is 16.6. The second kappa shape index (κ2) is 4.26. The second-order valence-corrected chi connectivity index (χ2v) is 3.90. The minimum absolute atomic E-state index is 0.0262. The maximum Gasteiger partial charge on any atom is 0.112 e. The van der Waals surface area contributed by atoms with Crippen molar-refractivity contribution in [1.29, 1.82) is 5.26 Å². The molecule has 0 saturated carbocycles. The molecule has 2 fully saturated rings. The van der Waals surface area contributed by atoms with Gasteiger partial charge >= 0.3 is 0 Å². The Balaban J connectivity index is 1.79. The molecule has 0 aromatic rings. The van der Waals surface area contributed by atoms with Crippen LogP contribution in [0.4, 0.5) is 0 Å². The van der Waals surface area contributed by atoms with E-state index < -0.39 is 0 Å². The summed E-state index contributed by atoms with van der Waals surface area (Å²) in [6.07, 6.45) is 1.31. The molecule has 14 heavy (non-hydrogen) atoms. The van der Waals surface area contributed by atoms with E-state index in [0.29, 0.717) is 13.2 Å². The first-order valence-electron chi connectivity index (χ1n) is 5.05. The summed E-state index contributed by atoms with van der Waals surface area (Å²) in [5.41, 5.74) is 0. The van der Waals surface area contributed by atoms with E-state index in [2.05, 4.69) is 6.07 Å². The van der Waals surface area contributed by atoms with Crippen LogP contribution in [-0.2, 0) is 14.2 Å². The van der Waals surface area contributed by atoms with Crippen LogP contribution in [0.3, 0.4) is 0 Å². The van der Waals surface area contributed by atoms with Gasteiger partial charge in [-0.15, -0.1) is 0 Å². The Labute approximate surface area is 83.7 Å². The van der Waals surface area contributed by atoms with Crippen molar-refractivity contribution in [3.63, 3.8) is 0 Å². The van der Waals surface area contributed by atoms with E-state index in [9.17, 15) is 0 Å². The van der Waals surface area contributed by atoms with Crippen molar-refractivity contribution < 1.29 is 14.2 Å². The van der Waals surface area contributed by atoms with E-state index in [1.807, 2.05) is 6.92 Å². The molecule has 2 saturated heterocycles. The van der Waals surface area contributed by atoms with Gasteiger partial charge in [0.15, 0.2) is 0 Å². The average molecular weight is 197 g/mol. The molecule has 2 rings (SSSR count). The third-order valence-corrected chi connectivity index (χ3v) is 2.70. The van der Waals surface area contributed by atoms with Crippen LogP contribution in [0, 0.1) is 17.2 Å². The van der Waals surface area contributed by atoms with E-state index in [-0.39, 0.29) is 24.2 Å². The van der Waals surface area contributed by atoms with Crippen molar-refractivity contribution in [3.05, 3.63) is 0 Å². The number of nitrogens with zero attached hydrogens (tertiary/aromatic N) is 1. The highest BCUT2D eigenvalue weighted by atomic mass is 16.6. The highest BCUT2D eigenvalue weighted by molar-refractivity contribution is 4.90. The van der Waals surface area contributed by atoms with Crippen molar-refractivity contribution >= 4 is 0 Å². The molecule has 78 valence electrons. The average Bonchev–Trinajstić information content (AvgIpc) is 2.76. The topological polar surface area (TPSA) is 51.5 Å². The smallest absolute Gasteiger partial charge is 0.112 e. The zero-order valence-electron chi connectivity index (χ0n) is 8.31. The first-order valence-corrected chi connectivity index (χ1v) is 5.05. The van der Waals surface area contributed by atoms with Crippen LogP contribution in [0.25, 0.3) is 0 Å². The molecular formula is C10H15NO3. The van der Waals surface area contributed by atoms with Crippen molar-refractivity contribution in [3.8, 4) is 6.07 Å². The standard InChI is InChI=1S/C10H15NO3/c1-7(4-11)5-13-9-6-14-8-2-3-12-10(8)9/h7-10H,2-3,5-6H2,1H3. The number of hydrogen-bond donors (Lipinski definition) is 0. The molecule has 0 aromatic heterocycles. The number of rotatable bonds is 3. The lowest BCUT2D eigenvalue weighted by molar-refractivity contribution is -0.0362. The zero-order chi connectivity index (χ0) is 9.97. The van der Waals surface area contributed by atoms with E-state index in [0.717, 1.165) is 13.0 Å². The Bertz CT molecular complexity index is 238. The van der Waals surface area contributed by atoms with Gasteiger partial charge < -0.3 is 14.2 Å². The van der Waals surface area contributed by atoms with Crippen LogP contribution in [0.5, 0.6) is 0 Å². The molecule has 4 unspecified atom stereocenters. The largest absolute Gasteiger partial charge is 0.373 e. The van der Waals surface area contributed by atoms with Crippen molar-refractivity contribution in [2.45, 2.75) is 31.7 Å².